The van der Waals surface area contributed by atoms with Crippen molar-refractivity contribution in [1.29, 1.82) is 0 Å². The normalized spacial score (nSPS) is 11.1. The van der Waals surface area contributed by atoms with Crippen molar-refractivity contribution in [2.75, 3.05) is 0 Å². The maximum atomic E-state index is 13.0. The first kappa shape index (κ1) is 16.9. The Morgan fingerprint density at radius 3 is 2.88 bits per heavy atom. The molecule has 126 valence electrons. The van der Waals surface area contributed by atoms with Crippen LogP contribution in [0.2, 0.25) is 0 Å². The molecular formula is C16H17FN4OS2. The molecule has 0 amide bonds. The smallest absolute Gasteiger partial charge is 0.270 e. The lowest BCUT2D eigenvalue weighted by atomic mass is 10.2. The molecular weight excluding hydrogens is 347 g/mol. The van der Waals surface area contributed by atoms with Crippen LogP contribution in [0.3, 0.4) is 0 Å². The zero-order valence-electron chi connectivity index (χ0n) is 13.2. The maximum absolute atomic E-state index is 13.0. The summed E-state index contributed by atoms with van der Waals surface area (Å²) in [5, 5.41) is 10.1. The van der Waals surface area contributed by atoms with Gasteiger partial charge in [-0.15, -0.1) is 16.4 Å². The van der Waals surface area contributed by atoms with Crippen LogP contribution in [0.15, 0.2) is 39.6 Å². The zero-order valence-corrected chi connectivity index (χ0v) is 14.8. The first-order valence-corrected chi connectivity index (χ1v) is 9.52. The lowest BCUT2D eigenvalue weighted by molar-refractivity contribution is 0.573. The minimum atomic E-state index is -0.255. The Balaban J connectivity index is 1.68. The molecule has 24 heavy (non-hydrogen) atoms. The highest BCUT2D eigenvalue weighted by Crippen LogP contribution is 2.27. The van der Waals surface area contributed by atoms with E-state index in [-0.39, 0.29) is 11.5 Å². The summed E-state index contributed by atoms with van der Waals surface area (Å²) in [7, 11) is 0. The van der Waals surface area contributed by atoms with Crippen molar-refractivity contribution in [2.45, 2.75) is 37.2 Å². The Morgan fingerprint density at radius 2 is 2.12 bits per heavy atom. The third-order valence-electron chi connectivity index (χ3n) is 3.45. The van der Waals surface area contributed by atoms with E-state index in [1.807, 2.05) is 5.38 Å². The van der Waals surface area contributed by atoms with Gasteiger partial charge in [-0.3, -0.25) is 4.57 Å². The molecule has 0 atom stereocenters. The average Bonchev–Trinajstić information content (AvgIpc) is 3.19. The van der Waals surface area contributed by atoms with E-state index >= 15 is 0 Å². The van der Waals surface area contributed by atoms with Gasteiger partial charge in [0, 0.05) is 23.2 Å². The van der Waals surface area contributed by atoms with Gasteiger partial charge in [0.25, 0.3) is 0 Å². The third kappa shape index (κ3) is 3.93. The number of nitrogens with zero attached hydrogens (tertiary/aromatic N) is 3. The molecule has 0 saturated carbocycles. The van der Waals surface area contributed by atoms with Crippen molar-refractivity contribution in [3.63, 3.8) is 0 Å². The fourth-order valence-corrected chi connectivity index (χ4v) is 3.96. The summed E-state index contributed by atoms with van der Waals surface area (Å²) in [4.78, 5) is 16.3. The second kappa shape index (κ2) is 7.76. The number of H-pyrrole nitrogens is 1. The number of hydrogen-bond acceptors (Lipinski definition) is 5. The predicted molar refractivity (Wildman–Crippen MR) is 94.8 cm³/mol. The Bertz CT molecular complexity index is 854. The van der Waals surface area contributed by atoms with Crippen molar-refractivity contribution >= 4 is 23.1 Å². The zero-order chi connectivity index (χ0) is 16.9. The predicted octanol–water partition coefficient (Wildman–Crippen LogP) is 3.93. The monoisotopic (exact) mass is 364 g/mol. The molecule has 3 aromatic rings. The van der Waals surface area contributed by atoms with Crippen molar-refractivity contribution in [3.8, 4) is 10.6 Å². The highest BCUT2D eigenvalue weighted by molar-refractivity contribution is 7.98. The molecule has 0 unspecified atom stereocenters. The number of halogens is 1. The van der Waals surface area contributed by atoms with Crippen LogP contribution in [0, 0.1) is 5.82 Å². The summed E-state index contributed by atoms with van der Waals surface area (Å²) >= 11 is 3.01. The molecule has 1 N–H and O–H groups in total. The van der Waals surface area contributed by atoms with Crippen molar-refractivity contribution < 1.29 is 4.39 Å². The Kier molecular flexibility index (Phi) is 5.47. The fraction of sp³-hybridized carbons (Fsp3) is 0.312. The van der Waals surface area contributed by atoms with Crippen LogP contribution in [0.5, 0.6) is 0 Å². The number of aromatic nitrogens is 4. The van der Waals surface area contributed by atoms with Gasteiger partial charge in [-0.05, 0) is 30.7 Å². The van der Waals surface area contributed by atoms with Crippen molar-refractivity contribution in [2.24, 2.45) is 0 Å². The van der Waals surface area contributed by atoms with E-state index < -0.39 is 0 Å². The Morgan fingerprint density at radius 1 is 1.33 bits per heavy atom. The van der Waals surface area contributed by atoms with Gasteiger partial charge >= 0.3 is 5.69 Å². The van der Waals surface area contributed by atoms with E-state index in [0.29, 0.717) is 17.5 Å². The molecule has 0 aliphatic carbocycles. The minimum absolute atomic E-state index is 0.170. The largest absolute Gasteiger partial charge is 0.343 e. The molecule has 5 nitrogen and oxygen atoms in total. The molecule has 0 fully saturated rings. The summed E-state index contributed by atoms with van der Waals surface area (Å²) in [5.74, 6) is 0.378. The Labute approximate surface area is 147 Å². The van der Waals surface area contributed by atoms with Crippen LogP contribution >= 0.6 is 23.1 Å². The number of hydrogen-bond donors (Lipinski definition) is 1. The van der Waals surface area contributed by atoms with Gasteiger partial charge in [0.2, 0.25) is 0 Å². The molecule has 0 aliphatic heterocycles. The quantitative estimate of drug-likeness (QED) is 0.645. The standard InChI is InChI=1S/C16H17FN4OS2/c1-2-3-8-21-15(22)19-20-16(21)24-10-13-9-23-14(18-13)11-4-6-12(17)7-5-11/h4-7,9H,2-3,8,10H2,1H3,(H,19,22). The van der Waals surface area contributed by atoms with Crippen LogP contribution in [0.4, 0.5) is 4.39 Å². The highest BCUT2D eigenvalue weighted by Gasteiger charge is 2.11. The van der Waals surface area contributed by atoms with Gasteiger partial charge in [0.15, 0.2) is 5.16 Å². The van der Waals surface area contributed by atoms with Crippen LogP contribution in [-0.2, 0) is 12.3 Å². The number of thiazole rings is 1. The molecule has 2 aromatic heterocycles. The minimum Gasteiger partial charge on any atom is -0.270 e. The molecule has 0 spiro atoms. The summed E-state index contributed by atoms with van der Waals surface area (Å²) in [6.07, 6.45) is 1.97. The number of benzene rings is 1. The first-order valence-electron chi connectivity index (χ1n) is 7.65. The Hall–Kier alpha value is -1.93. The van der Waals surface area contributed by atoms with Gasteiger partial charge in [0.05, 0.1) is 5.69 Å². The van der Waals surface area contributed by atoms with Crippen molar-refractivity contribution in [1.82, 2.24) is 19.7 Å². The molecule has 2 heterocycles. The van der Waals surface area contributed by atoms with Gasteiger partial charge in [-0.1, -0.05) is 25.1 Å². The van der Waals surface area contributed by atoms with E-state index in [9.17, 15) is 9.18 Å². The van der Waals surface area contributed by atoms with E-state index in [4.69, 9.17) is 0 Å². The second-order valence-electron chi connectivity index (χ2n) is 5.26. The first-order chi connectivity index (χ1) is 11.7. The maximum Gasteiger partial charge on any atom is 0.343 e. The molecule has 8 heteroatoms. The summed E-state index contributed by atoms with van der Waals surface area (Å²) < 4.78 is 14.7. The van der Waals surface area contributed by atoms with Crippen LogP contribution in [0.25, 0.3) is 10.6 Å². The van der Waals surface area contributed by atoms with E-state index in [2.05, 4.69) is 22.1 Å². The number of aromatic amines is 1. The number of thioether (sulfide) groups is 1. The van der Waals surface area contributed by atoms with Gasteiger partial charge < -0.3 is 0 Å². The van der Waals surface area contributed by atoms with E-state index in [1.165, 1.54) is 35.2 Å². The van der Waals surface area contributed by atoms with E-state index in [0.717, 1.165) is 29.1 Å². The number of rotatable bonds is 7. The average molecular weight is 364 g/mol. The van der Waals surface area contributed by atoms with Crippen molar-refractivity contribution in [3.05, 3.63) is 51.6 Å². The van der Waals surface area contributed by atoms with Gasteiger partial charge in [-0.2, -0.15) is 0 Å². The van der Waals surface area contributed by atoms with Gasteiger partial charge in [-0.25, -0.2) is 19.3 Å². The van der Waals surface area contributed by atoms with Crippen LogP contribution in [-0.4, -0.2) is 19.7 Å². The SMILES string of the molecule is CCCCn1c(SCc2csc(-c3ccc(F)cc3)n2)n[nH]c1=O. The van der Waals surface area contributed by atoms with Crippen LogP contribution in [0.1, 0.15) is 25.5 Å². The fourth-order valence-electron chi connectivity index (χ4n) is 2.16. The topological polar surface area (TPSA) is 63.6 Å². The molecule has 0 aliphatic rings. The molecule has 3 rings (SSSR count). The highest BCUT2D eigenvalue weighted by atomic mass is 32.2. The number of unbranched alkanes of at least 4 members (excludes halogenated alkanes) is 1. The lowest BCUT2D eigenvalue weighted by Crippen LogP contribution is -2.17. The third-order valence-corrected chi connectivity index (χ3v) is 5.40. The summed E-state index contributed by atoms with van der Waals surface area (Å²) in [5.41, 5.74) is 1.65. The summed E-state index contributed by atoms with van der Waals surface area (Å²) in [6.45, 7) is 2.76. The molecule has 0 radical (unpaired) electrons. The summed E-state index contributed by atoms with van der Waals surface area (Å²) in [6, 6.07) is 6.31. The van der Waals surface area contributed by atoms with Crippen LogP contribution < -0.4 is 5.69 Å². The molecule has 0 saturated heterocycles. The second-order valence-corrected chi connectivity index (χ2v) is 7.06. The lowest BCUT2D eigenvalue weighted by Gasteiger charge is -2.03. The number of nitrogens with one attached hydrogen (secondary N) is 1. The molecule has 0 bridgehead atoms. The van der Waals surface area contributed by atoms with Gasteiger partial charge in [0.1, 0.15) is 10.8 Å². The molecule has 1 aromatic carbocycles. The van der Waals surface area contributed by atoms with E-state index in [1.54, 1.807) is 16.7 Å².